The van der Waals surface area contributed by atoms with Crippen LogP contribution in [0, 0.1) is 18.8 Å². The van der Waals surface area contributed by atoms with E-state index in [1.165, 1.54) is 0 Å². The molecule has 0 bridgehead atoms. The third kappa shape index (κ3) is 3.43. The van der Waals surface area contributed by atoms with Gasteiger partial charge in [-0.25, -0.2) is 0 Å². The molecule has 0 saturated carbocycles. The number of halogens is 2. The summed E-state index contributed by atoms with van der Waals surface area (Å²) in [4.78, 5) is 18.6. The number of aromatic nitrogens is 1. The van der Waals surface area contributed by atoms with E-state index in [0.717, 1.165) is 44.2 Å². The number of carbonyl (C=O) groups excluding carboxylic acids is 1. The van der Waals surface area contributed by atoms with Crippen LogP contribution in [0.15, 0.2) is 18.3 Å². The molecule has 1 aromatic rings. The Morgan fingerprint density at radius 2 is 2.05 bits per heavy atom. The van der Waals surface area contributed by atoms with Gasteiger partial charge in [-0.15, -0.1) is 24.8 Å². The number of carbonyl (C=O) groups is 1. The molecule has 2 unspecified atom stereocenters. The summed E-state index contributed by atoms with van der Waals surface area (Å²) in [5, 5.41) is 3.42. The molecule has 6 heteroatoms. The van der Waals surface area contributed by atoms with E-state index < -0.39 is 0 Å². The van der Waals surface area contributed by atoms with Gasteiger partial charge in [0, 0.05) is 25.0 Å². The molecule has 2 saturated heterocycles. The molecule has 0 aromatic carbocycles. The van der Waals surface area contributed by atoms with E-state index in [9.17, 15) is 4.79 Å². The summed E-state index contributed by atoms with van der Waals surface area (Å²) in [7, 11) is 0. The van der Waals surface area contributed by atoms with E-state index in [-0.39, 0.29) is 30.7 Å². The van der Waals surface area contributed by atoms with Gasteiger partial charge in [-0.3, -0.25) is 9.78 Å². The van der Waals surface area contributed by atoms with Crippen LogP contribution in [-0.4, -0.2) is 42.0 Å². The average molecular weight is 318 g/mol. The number of nitrogens with zero attached hydrogens (tertiary/aromatic N) is 2. The highest BCUT2D eigenvalue weighted by Gasteiger charge is 2.34. The van der Waals surface area contributed by atoms with Crippen LogP contribution in [0.1, 0.15) is 22.5 Å². The monoisotopic (exact) mass is 317 g/mol. The van der Waals surface area contributed by atoms with E-state index in [1.807, 2.05) is 24.0 Å². The fourth-order valence-electron chi connectivity index (χ4n) is 3.00. The minimum atomic E-state index is 0. The Kier molecular flexibility index (Phi) is 6.24. The molecule has 3 heterocycles. The van der Waals surface area contributed by atoms with Crippen molar-refractivity contribution in [2.75, 3.05) is 26.2 Å². The Morgan fingerprint density at radius 3 is 2.75 bits per heavy atom. The smallest absolute Gasteiger partial charge is 0.255 e. The van der Waals surface area contributed by atoms with Crippen molar-refractivity contribution < 1.29 is 4.79 Å². The number of piperidine rings is 1. The summed E-state index contributed by atoms with van der Waals surface area (Å²) < 4.78 is 0. The molecule has 0 radical (unpaired) electrons. The van der Waals surface area contributed by atoms with Crippen LogP contribution >= 0.6 is 24.8 Å². The molecule has 0 spiro atoms. The number of fused-ring (bicyclic) bond motifs is 1. The highest BCUT2D eigenvalue weighted by Crippen LogP contribution is 2.27. The number of nitrogens with one attached hydrogen (secondary N) is 1. The summed E-state index contributed by atoms with van der Waals surface area (Å²) >= 11 is 0. The second-order valence-electron chi connectivity index (χ2n) is 5.41. The second kappa shape index (κ2) is 7.25. The van der Waals surface area contributed by atoms with Crippen molar-refractivity contribution in [2.24, 2.45) is 11.8 Å². The maximum Gasteiger partial charge on any atom is 0.255 e. The van der Waals surface area contributed by atoms with Crippen LogP contribution in [0.5, 0.6) is 0 Å². The Labute approximate surface area is 132 Å². The number of aryl methyl sites for hydroxylation is 1. The first kappa shape index (κ1) is 17.2. The lowest BCUT2D eigenvalue weighted by molar-refractivity contribution is 0.0642. The van der Waals surface area contributed by atoms with E-state index in [2.05, 4.69) is 10.3 Å². The number of hydrogen-bond acceptors (Lipinski definition) is 3. The molecule has 2 aliphatic heterocycles. The van der Waals surface area contributed by atoms with Crippen molar-refractivity contribution in [3.63, 3.8) is 0 Å². The fourth-order valence-corrected chi connectivity index (χ4v) is 3.00. The van der Waals surface area contributed by atoms with Crippen LogP contribution in [0.25, 0.3) is 0 Å². The van der Waals surface area contributed by atoms with Gasteiger partial charge in [0.05, 0.1) is 5.56 Å². The highest BCUT2D eigenvalue weighted by molar-refractivity contribution is 5.94. The van der Waals surface area contributed by atoms with Gasteiger partial charge in [0.2, 0.25) is 0 Å². The van der Waals surface area contributed by atoms with E-state index in [1.54, 1.807) is 6.20 Å². The van der Waals surface area contributed by atoms with Gasteiger partial charge in [-0.05, 0) is 50.4 Å². The van der Waals surface area contributed by atoms with Crippen LogP contribution < -0.4 is 5.32 Å². The average Bonchev–Trinajstić information content (AvgIpc) is 2.86. The minimum Gasteiger partial charge on any atom is -0.338 e. The lowest BCUT2D eigenvalue weighted by Crippen LogP contribution is -2.43. The maximum absolute atomic E-state index is 12.4. The van der Waals surface area contributed by atoms with Gasteiger partial charge in [0.25, 0.3) is 5.91 Å². The Bertz CT molecular complexity index is 452. The van der Waals surface area contributed by atoms with Crippen molar-refractivity contribution in [3.8, 4) is 0 Å². The Hall–Kier alpha value is -0.840. The van der Waals surface area contributed by atoms with Crippen LogP contribution in [0.2, 0.25) is 0 Å². The maximum atomic E-state index is 12.4. The van der Waals surface area contributed by atoms with Crippen molar-refractivity contribution >= 4 is 30.7 Å². The summed E-state index contributed by atoms with van der Waals surface area (Å²) in [6.07, 6.45) is 2.82. The van der Waals surface area contributed by atoms with Crippen molar-refractivity contribution in [2.45, 2.75) is 13.3 Å². The molecule has 2 fully saturated rings. The molecule has 4 nitrogen and oxygen atoms in total. The number of pyridine rings is 1. The summed E-state index contributed by atoms with van der Waals surface area (Å²) in [5.41, 5.74) is 1.66. The third-order valence-corrected chi connectivity index (χ3v) is 4.15. The SMILES string of the molecule is Cc1ccc(C(=O)N2CCC3CNCC3C2)cn1.Cl.Cl. The number of rotatable bonds is 1. The molecular weight excluding hydrogens is 297 g/mol. The van der Waals surface area contributed by atoms with Crippen LogP contribution in [0.4, 0.5) is 0 Å². The largest absolute Gasteiger partial charge is 0.338 e. The predicted molar refractivity (Wildman–Crippen MR) is 83.8 cm³/mol. The molecule has 1 amide bonds. The molecule has 112 valence electrons. The summed E-state index contributed by atoms with van der Waals surface area (Å²) in [6, 6.07) is 3.78. The quantitative estimate of drug-likeness (QED) is 0.860. The standard InChI is InChI=1S/C14H19N3O.2ClH/c1-10-2-3-12(8-16-10)14(18)17-5-4-11-6-15-7-13(11)9-17;;/h2-3,8,11,13,15H,4-7,9H2,1H3;2*1H. The number of amides is 1. The summed E-state index contributed by atoms with van der Waals surface area (Å²) in [6.45, 7) is 5.89. The van der Waals surface area contributed by atoms with Crippen molar-refractivity contribution in [3.05, 3.63) is 29.6 Å². The Balaban J connectivity index is 0.000001000. The fraction of sp³-hybridized carbons (Fsp3) is 0.571. The molecule has 20 heavy (non-hydrogen) atoms. The Morgan fingerprint density at radius 1 is 1.30 bits per heavy atom. The number of hydrogen-bond donors (Lipinski definition) is 1. The van der Waals surface area contributed by atoms with Gasteiger partial charge < -0.3 is 10.2 Å². The van der Waals surface area contributed by atoms with E-state index in [4.69, 9.17) is 0 Å². The zero-order valence-electron chi connectivity index (χ0n) is 11.5. The van der Waals surface area contributed by atoms with Gasteiger partial charge in [-0.1, -0.05) is 0 Å². The predicted octanol–water partition coefficient (Wildman–Crippen LogP) is 1.92. The molecule has 2 atom stereocenters. The topological polar surface area (TPSA) is 45.2 Å². The first-order valence-corrected chi connectivity index (χ1v) is 6.66. The van der Waals surface area contributed by atoms with Gasteiger partial charge >= 0.3 is 0 Å². The van der Waals surface area contributed by atoms with Gasteiger partial charge in [0.1, 0.15) is 0 Å². The van der Waals surface area contributed by atoms with E-state index in [0.29, 0.717) is 11.5 Å². The number of likely N-dealkylation sites (tertiary alicyclic amines) is 1. The first-order valence-electron chi connectivity index (χ1n) is 6.66. The zero-order chi connectivity index (χ0) is 12.5. The first-order chi connectivity index (χ1) is 8.74. The third-order valence-electron chi connectivity index (χ3n) is 4.15. The van der Waals surface area contributed by atoms with Crippen LogP contribution in [0.3, 0.4) is 0 Å². The lowest BCUT2D eigenvalue weighted by Gasteiger charge is -2.34. The minimum absolute atomic E-state index is 0. The molecule has 1 N–H and O–H groups in total. The van der Waals surface area contributed by atoms with Crippen molar-refractivity contribution in [1.29, 1.82) is 0 Å². The normalized spacial score (nSPS) is 24.4. The van der Waals surface area contributed by atoms with Crippen molar-refractivity contribution in [1.82, 2.24) is 15.2 Å². The molecule has 2 aliphatic rings. The van der Waals surface area contributed by atoms with Gasteiger partial charge in [0.15, 0.2) is 0 Å². The highest BCUT2D eigenvalue weighted by atomic mass is 35.5. The molecular formula is C14H21Cl2N3O. The second-order valence-corrected chi connectivity index (χ2v) is 5.41. The van der Waals surface area contributed by atoms with Crippen LogP contribution in [-0.2, 0) is 0 Å². The summed E-state index contributed by atoms with van der Waals surface area (Å²) in [5.74, 6) is 1.54. The van der Waals surface area contributed by atoms with E-state index >= 15 is 0 Å². The molecule has 3 rings (SSSR count). The lowest BCUT2D eigenvalue weighted by atomic mass is 9.88. The molecule has 0 aliphatic carbocycles. The zero-order valence-corrected chi connectivity index (χ0v) is 13.2. The molecule has 1 aromatic heterocycles. The van der Waals surface area contributed by atoms with Gasteiger partial charge in [-0.2, -0.15) is 0 Å².